The molecule has 2 saturated heterocycles. The van der Waals surface area contributed by atoms with Gasteiger partial charge in [0.05, 0.1) is 23.8 Å². The Bertz CT molecular complexity index is 581. The zero-order valence-electron chi connectivity index (χ0n) is 10.0. The van der Waals surface area contributed by atoms with E-state index in [1.54, 1.807) is 6.33 Å². The molecule has 0 aliphatic carbocycles. The van der Waals surface area contributed by atoms with Crippen molar-refractivity contribution in [1.82, 2.24) is 9.97 Å². The van der Waals surface area contributed by atoms with E-state index in [0.717, 1.165) is 23.1 Å². The molecule has 0 saturated carbocycles. The van der Waals surface area contributed by atoms with Crippen LogP contribution in [0.2, 0.25) is 0 Å². The lowest BCUT2D eigenvalue weighted by Gasteiger charge is -2.21. The SMILES string of the molecule is c1ccc2c(NC3CC4CCC3O4)ncnc2c1. The molecule has 4 nitrogen and oxygen atoms in total. The molecule has 1 N–H and O–H groups in total. The van der Waals surface area contributed by atoms with Gasteiger partial charge in [0.15, 0.2) is 0 Å². The average Bonchev–Trinajstić information content (AvgIpc) is 3.01. The number of aromatic nitrogens is 2. The van der Waals surface area contributed by atoms with Gasteiger partial charge in [0.2, 0.25) is 0 Å². The van der Waals surface area contributed by atoms with Gasteiger partial charge >= 0.3 is 0 Å². The van der Waals surface area contributed by atoms with Crippen LogP contribution in [0.15, 0.2) is 30.6 Å². The number of rotatable bonds is 2. The molecule has 3 heterocycles. The number of nitrogens with zero attached hydrogens (tertiary/aromatic N) is 2. The number of nitrogens with one attached hydrogen (secondary N) is 1. The maximum Gasteiger partial charge on any atom is 0.137 e. The first-order chi connectivity index (χ1) is 8.90. The highest BCUT2D eigenvalue weighted by Gasteiger charge is 2.40. The van der Waals surface area contributed by atoms with Crippen molar-refractivity contribution in [2.24, 2.45) is 0 Å². The topological polar surface area (TPSA) is 47.0 Å². The molecule has 1 aromatic heterocycles. The molecule has 2 aliphatic heterocycles. The summed E-state index contributed by atoms with van der Waals surface area (Å²) in [7, 11) is 0. The van der Waals surface area contributed by atoms with Crippen molar-refractivity contribution in [3.63, 3.8) is 0 Å². The molecule has 4 rings (SSSR count). The van der Waals surface area contributed by atoms with Crippen LogP contribution < -0.4 is 5.32 Å². The molecular formula is C14H15N3O. The summed E-state index contributed by atoms with van der Waals surface area (Å²) in [6, 6.07) is 8.50. The van der Waals surface area contributed by atoms with Gasteiger partial charge in [-0.25, -0.2) is 9.97 Å². The highest BCUT2D eigenvalue weighted by Crippen LogP contribution is 2.36. The predicted molar refractivity (Wildman–Crippen MR) is 69.5 cm³/mol. The fraction of sp³-hybridized carbons (Fsp3) is 0.429. The number of benzene rings is 1. The van der Waals surface area contributed by atoms with E-state index in [1.807, 2.05) is 18.2 Å². The van der Waals surface area contributed by atoms with E-state index >= 15 is 0 Å². The molecule has 2 aromatic rings. The van der Waals surface area contributed by atoms with Crippen LogP contribution in [0, 0.1) is 0 Å². The van der Waals surface area contributed by atoms with Crippen LogP contribution in [0.25, 0.3) is 10.9 Å². The maximum absolute atomic E-state index is 5.86. The van der Waals surface area contributed by atoms with Crippen LogP contribution in [0.4, 0.5) is 5.82 Å². The second-order valence-corrected chi connectivity index (χ2v) is 5.10. The number of hydrogen-bond donors (Lipinski definition) is 1. The Labute approximate surface area is 105 Å². The van der Waals surface area contributed by atoms with E-state index in [4.69, 9.17) is 4.74 Å². The molecule has 0 amide bonds. The second-order valence-electron chi connectivity index (χ2n) is 5.10. The molecule has 92 valence electrons. The van der Waals surface area contributed by atoms with Gasteiger partial charge in [-0.1, -0.05) is 12.1 Å². The summed E-state index contributed by atoms with van der Waals surface area (Å²) in [6.45, 7) is 0. The summed E-state index contributed by atoms with van der Waals surface area (Å²) in [6.07, 6.45) is 5.94. The third-order valence-electron chi connectivity index (χ3n) is 3.97. The molecule has 0 radical (unpaired) electrons. The smallest absolute Gasteiger partial charge is 0.137 e. The zero-order chi connectivity index (χ0) is 11.9. The monoisotopic (exact) mass is 241 g/mol. The number of hydrogen-bond acceptors (Lipinski definition) is 4. The first kappa shape index (κ1) is 10.3. The lowest BCUT2D eigenvalue weighted by Crippen LogP contribution is -2.30. The molecule has 2 aliphatic rings. The van der Waals surface area contributed by atoms with Crippen LogP contribution in [-0.4, -0.2) is 28.2 Å². The number of fused-ring (bicyclic) bond motifs is 3. The minimum atomic E-state index is 0.365. The highest BCUT2D eigenvalue weighted by molar-refractivity contribution is 5.88. The molecule has 4 heteroatoms. The third kappa shape index (κ3) is 1.56. The summed E-state index contributed by atoms with van der Waals surface area (Å²) in [5.74, 6) is 0.932. The van der Waals surface area contributed by atoms with Gasteiger partial charge < -0.3 is 10.1 Å². The Balaban J connectivity index is 1.67. The van der Waals surface area contributed by atoms with Crippen molar-refractivity contribution < 1.29 is 4.74 Å². The van der Waals surface area contributed by atoms with Crippen LogP contribution in [0.3, 0.4) is 0 Å². The van der Waals surface area contributed by atoms with Gasteiger partial charge in [-0.3, -0.25) is 0 Å². The fourth-order valence-electron chi connectivity index (χ4n) is 3.09. The zero-order valence-corrected chi connectivity index (χ0v) is 10.0. The van der Waals surface area contributed by atoms with Crippen molar-refractivity contribution in [2.75, 3.05) is 5.32 Å². The molecule has 3 atom stereocenters. The van der Waals surface area contributed by atoms with E-state index in [1.165, 1.54) is 12.8 Å². The van der Waals surface area contributed by atoms with Gasteiger partial charge in [-0.15, -0.1) is 0 Å². The van der Waals surface area contributed by atoms with Gasteiger partial charge in [0.25, 0.3) is 0 Å². The minimum Gasteiger partial charge on any atom is -0.373 e. The van der Waals surface area contributed by atoms with Crippen molar-refractivity contribution in [1.29, 1.82) is 0 Å². The van der Waals surface area contributed by atoms with Crippen LogP contribution in [0.5, 0.6) is 0 Å². The standard InChI is InChI=1S/C14H15N3O/c1-2-4-11-10(3-1)14(16-8-15-11)17-12-7-9-5-6-13(12)18-9/h1-4,8-9,12-13H,5-7H2,(H,15,16,17). The summed E-state index contributed by atoms with van der Waals surface area (Å²) in [5, 5.41) is 4.63. The van der Waals surface area contributed by atoms with Crippen molar-refractivity contribution >= 4 is 16.7 Å². The van der Waals surface area contributed by atoms with Crippen LogP contribution >= 0.6 is 0 Å². The largest absolute Gasteiger partial charge is 0.373 e. The van der Waals surface area contributed by atoms with Gasteiger partial charge in [-0.05, 0) is 31.4 Å². The number of anilines is 1. The molecule has 3 unspecified atom stereocenters. The second kappa shape index (κ2) is 3.92. The number of para-hydroxylation sites is 1. The molecule has 0 spiro atoms. The Morgan fingerprint density at radius 2 is 2.11 bits per heavy atom. The van der Waals surface area contributed by atoms with E-state index < -0.39 is 0 Å². The van der Waals surface area contributed by atoms with Crippen molar-refractivity contribution in [2.45, 2.75) is 37.5 Å². The van der Waals surface area contributed by atoms with E-state index in [0.29, 0.717) is 18.2 Å². The molecule has 2 fully saturated rings. The number of ether oxygens (including phenoxy) is 1. The third-order valence-corrected chi connectivity index (χ3v) is 3.97. The first-order valence-electron chi connectivity index (χ1n) is 6.52. The molecule has 18 heavy (non-hydrogen) atoms. The summed E-state index contributed by atoms with van der Waals surface area (Å²) < 4.78 is 5.86. The maximum atomic E-state index is 5.86. The molecule has 1 aromatic carbocycles. The van der Waals surface area contributed by atoms with E-state index in [9.17, 15) is 0 Å². The lowest BCUT2D eigenvalue weighted by atomic mass is 9.95. The predicted octanol–water partition coefficient (Wildman–Crippen LogP) is 2.36. The van der Waals surface area contributed by atoms with E-state index in [-0.39, 0.29) is 0 Å². The van der Waals surface area contributed by atoms with Crippen molar-refractivity contribution in [3.05, 3.63) is 30.6 Å². The van der Waals surface area contributed by atoms with Crippen LogP contribution in [0.1, 0.15) is 19.3 Å². The lowest BCUT2D eigenvalue weighted by molar-refractivity contribution is 0.102. The quantitative estimate of drug-likeness (QED) is 0.876. The molecular weight excluding hydrogens is 226 g/mol. The normalized spacial score (nSPS) is 29.9. The molecule has 2 bridgehead atoms. The Hall–Kier alpha value is -1.68. The van der Waals surface area contributed by atoms with Crippen molar-refractivity contribution in [3.8, 4) is 0 Å². The fourth-order valence-corrected chi connectivity index (χ4v) is 3.09. The Morgan fingerprint density at radius 3 is 2.94 bits per heavy atom. The summed E-state index contributed by atoms with van der Waals surface area (Å²) in [5.41, 5.74) is 0.985. The minimum absolute atomic E-state index is 0.365. The first-order valence-corrected chi connectivity index (χ1v) is 6.52. The van der Waals surface area contributed by atoms with E-state index in [2.05, 4.69) is 21.4 Å². The summed E-state index contributed by atoms with van der Waals surface area (Å²) in [4.78, 5) is 8.66. The van der Waals surface area contributed by atoms with Gasteiger partial charge in [0, 0.05) is 5.39 Å². The van der Waals surface area contributed by atoms with Gasteiger partial charge in [-0.2, -0.15) is 0 Å². The van der Waals surface area contributed by atoms with Crippen LogP contribution in [-0.2, 0) is 4.74 Å². The highest BCUT2D eigenvalue weighted by atomic mass is 16.5. The Morgan fingerprint density at radius 1 is 1.17 bits per heavy atom. The average molecular weight is 241 g/mol. The van der Waals surface area contributed by atoms with Gasteiger partial charge in [0.1, 0.15) is 12.1 Å². The summed E-state index contributed by atoms with van der Waals surface area (Å²) >= 11 is 0. The Kier molecular flexibility index (Phi) is 2.23.